The van der Waals surface area contributed by atoms with Gasteiger partial charge in [-0.05, 0) is 50.0 Å². The van der Waals surface area contributed by atoms with Crippen LogP contribution in [0.2, 0.25) is 0 Å². The smallest absolute Gasteiger partial charge is 0.248 e. The molecule has 18 heavy (non-hydrogen) atoms. The summed E-state index contributed by atoms with van der Waals surface area (Å²) in [4.78, 5) is 0. The zero-order chi connectivity index (χ0) is 13.0. The molecule has 1 saturated carbocycles. The van der Waals surface area contributed by atoms with Crippen molar-refractivity contribution in [2.24, 2.45) is 5.92 Å². The largest absolute Gasteiger partial charge is 0.388 e. The number of allylic oxidation sites excluding steroid dienone is 1. The first-order valence-corrected chi connectivity index (χ1v) is 7.33. The van der Waals surface area contributed by atoms with Crippen molar-refractivity contribution >= 4 is 0 Å². The maximum absolute atomic E-state index is 13.1. The zero-order valence-corrected chi connectivity index (χ0v) is 11.0. The van der Waals surface area contributed by atoms with E-state index in [1.807, 2.05) is 0 Å². The molecule has 1 N–H and O–H groups in total. The fourth-order valence-corrected chi connectivity index (χ4v) is 3.17. The highest BCUT2D eigenvalue weighted by Crippen LogP contribution is 2.39. The minimum absolute atomic E-state index is 0.0512. The Hall–Kier alpha value is -0.440. The van der Waals surface area contributed by atoms with Crippen LogP contribution in [0.15, 0.2) is 11.6 Å². The van der Waals surface area contributed by atoms with Gasteiger partial charge in [0.1, 0.15) is 0 Å². The first-order valence-electron chi connectivity index (χ1n) is 7.33. The molecule has 1 unspecified atom stereocenters. The van der Waals surface area contributed by atoms with Gasteiger partial charge in [-0.3, -0.25) is 0 Å². The molecule has 104 valence electrons. The Balaban J connectivity index is 1.91. The van der Waals surface area contributed by atoms with Gasteiger partial charge in [0.2, 0.25) is 5.92 Å². The van der Waals surface area contributed by atoms with Crippen LogP contribution in [-0.2, 0) is 0 Å². The van der Waals surface area contributed by atoms with E-state index in [-0.39, 0.29) is 18.8 Å². The van der Waals surface area contributed by atoms with E-state index in [0.717, 1.165) is 24.8 Å². The Bertz CT molecular complexity index is 289. The van der Waals surface area contributed by atoms with Crippen LogP contribution < -0.4 is 0 Å². The maximum atomic E-state index is 13.1. The van der Waals surface area contributed by atoms with Gasteiger partial charge in [-0.15, -0.1) is 0 Å². The summed E-state index contributed by atoms with van der Waals surface area (Å²) in [6.45, 7) is 0. The van der Waals surface area contributed by atoms with Crippen LogP contribution in [0.5, 0.6) is 0 Å². The number of hydrogen-bond donors (Lipinski definition) is 1. The van der Waals surface area contributed by atoms with Crippen molar-refractivity contribution in [2.75, 3.05) is 0 Å². The molecule has 2 aliphatic rings. The molecule has 0 spiro atoms. The standard InChI is InChI=1S/C15H24F2O/c16-15(17)10-8-13(9-11-15)14(18)12-6-4-2-1-3-5-7-12/h6,13-14,18H,1-5,7-11H2. The Labute approximate surface area is 108 Å². The molecule has 2 aliphatic carbocycles. The predicted octanol–water partition coefficient (Wildman–Crippen LogP) is 4.45. The van der Waals surface area contributed by atoms with Crippen molar-refractivity contribution in [3.8, 4) is 0 Å². The molecule has 2 rings (SSSR count). The Morgan fingerprint density at radius 3 is 2.50 bits per heavy atom. The summed E-state index contributed by atoms with van der Waals surface area (Å²) in [5, 5.41) is 10.4. The summed E-state index contributed by atoms with van der Waals surface area (Å²) < 4.78 is 26.2. The summed E-state index contributed by atoms with van der Waals surface area (Å²) in [5.74, 6) is -2.44. The van der Waals surface area contributed by atoms with Gasteiger partial charge in [0.15, 0.2) is 0 Å². The van der Waals surface area contributed by atoms with Crippen LogP contribution in [0.4, 0.5) is 8.78 Å². The molecule has 0 bridgehead atoms. The van der Waals surface area contributed by atoms with E-state index >= 15 is 0 Å². The van der Waals surface area contributed by atoms with Crippen molar-refractivity contribution in [1.29, 1.82) is 0 Å². The fourth-order valence-electron chi connectivity index (χ4n) is 3.17. The molecule has 1 atom stereocenters. The number of halogens is 2. The molecule has 0 aromatic carbocycles. The lowest BCUT2D eigenvalue weighted by molar-refractivity contribution is -0.0584. The van der Waals surface area contributed by atoms with Gasteiger partial charge in [-0.1, -0.05) is 18.9 Å². The molecule has 0 saturated heterocycles. The zero-order valence-electron chi connectivity index (χ0n) is 11.0. The molecular weight excluding hydrogens is 234 g/mol. The molecule has 1 nitrogen and oxygen atoms in total. The maximum Gasteiger partial charge on any atom is 0.248 e. The van der Waals surface area contributed by atoms with Crippen molar-refractivity contribution in [3.63, 3.8) is 0 Å². The van der Waals surface area contributed by atoms with E-state index in [4.69, 9.17) is 0 Å². The topological polar surface area (TPSA) is 20.2 Å². The van der Waals surface area contributed by atoms with Crippen molar-refractivity contribution in [1.82, 2.24) is 0 Å². The second kappa shape index (κ2) is 6.14. The van der Waals surface area contributed by atoms with Gasteiger partial charge in [-0.25, -0.2) is 8.78 Å². The Morgan fingerprint density at radius 2 is 1.78 bits per heavy atom. The molecule has 3 heteroatoms. The van der Waals surface area contributed by atoms with Gasteiger partial charge >= 0.3 is 0 Å². The summed E-state index contributed by atoms with van der Waals surface area (Å²) in [6.07, 6.45) is 9.33. The second-order valence-corrected chi connectivity index (χ2v) is 5.87. The van der Waals surface area contributed by atoms with Gasteiger partial charge < -0.3 is 5.11 Å². The van der Waals surface area contributed by atoms with E-state index in [0.29, 0.717) is 12.8 Å². The van der Waals surface area contributed by atoms with Crippen molar-refractivity contribution in [3.05, 3.63) is 11.6 Å². The molecule has 0 radical (unpaired) electrons. The molecule has 0 aromatic heterocycles. The number of aliphatic hydroxyl groups is 1. The van der Waals surface area contributed by atoms with Gasteiger partial charge in [-0.2, -0.15) is 0 Å². The number of rotatable bonds is 2. The van der Waals surface area contributed by atoms with E-state index in [1.165, 1.54) is 19.3 Å². The highest BCUT2D eigenvalue weighted by molar-refractivity contribution is 5.11. The first kappa shape index (κ1) is 14.0. The van der Waals surface area contributed by atoms with Gasteiger partial charge in [0.05, 0.1) is 6.10 Å². The number of alkyl halides is 2. The molecular formula is C15H24F2O. The lowest BCUT2D eigenvalue weighted by Gasteiger charge is -2.32. The quantitative estimate of drug-likeness (QED) is 0.725. The summed E-state index contributed by atoms with van der Waals surface area (Å²) in [6, 6.07) is 0. The molecule has 0 aromatic rings. The first-order chi connectivity index (χ1) is 8.58. The van der Waals surface area contributed by atoms with Crippen LogP contribution in [0.1, 0.15) is 64.2 Å². The lowest BCUT2D eigenvalue weighted by atomic mass is 9.79. The third kappa shape index (κ3) is 3.78. The minimum atomic E-state index is -2.49. The normalized spacial score (nSPS) is 28.1. The highest BCUT2D eigenvalue weighted by atomic mass is 19.3. The average molecular weight is 258 g/mol. The van der Waals surface area contributed by atoms with Gasteiger partial charge in [0.25, 0.3) is 0 Å². The monoisotopic (exact) mass is 258 g/mol. The van der Waals surface area contributed by atoms with Gasteiger partial charge in [0, 0.05) is 12.8 Å². The van der Waals surface area contributed by atoms with Crippen LogP contribution in [0.3, 0.4) is 0 Å². The Kier molecular flexibility index (Phi) is 4.77. The summed E-state index contributed by atoms with van der Waals surface area (Å²) in [7, 11) is 0. The predicted molar refractivity (Wildman–Crippen MR) is 68.7 cm³/mol. The van der Waals surface area contributed by atoms with E-state index in [1.54, 1.807) is 0 Å². The van der Waals surface area contributed by atoms with Crippen LogP contribution in [-0.4, -0.2) is 17.1 Å². The van der Waals surface area contributed by atoms with Crippen LogP contribution in [0, 0.1) is 5.92 Å². The molecule has 0 aliphatic heterocycles. The lowest BCUT2D eigenvalue weighted by Crippen LogP contribution is -2.32. The molecule has 1 fully saturated rings. The number of aliphatic hydroxyl groups excluding tert-OH is 1. The van der Waals surface area contributed by atoms with Crippen LogP contribution in [0.25, 0.3) is 0 Å². The average Bonchev–Trinajstić information content (AvgIpc) is 2.27. The number of hydrogen-bond acceptors (Lipinski definition) is 1. The third-order valence-corrected chi connectivity index (χ3v) is 4.41. The third-order valence-electron chi connectivity index (χ3n) is 4.41. The summed E-state index contributed by atoms with van der Waals surface area (Å²) >= 11 is 0. The van der Waals surface area contributed by atoms with E-state index < -0.39 is 12.0 Å². The second-order valence-electron chi connectivity index (χ2n) is 5.87. The fraction of sp³-hybridized carbons (Fsp3) is 0.867. The molecule has 0 heterocycles. The minimum Gasteiger partial charge on any atom is -0.388 e. The Morgan fingerprint density at radius 1 is 1.11 bits per heavy atom. The highest BCUT2D eigenvalue weighted by Gasteiger charge is 2.37. The SMILES string of the molecule is OC(C1=CCCCCCC1)C1CCC(F)(F)CC1. The summed E-state index contributed by atoms with van der Waals surface area (Å²) in [5.41, 5.74) is 1.12. The van der Waals surface area contributed by atoms with Crippen LogP contribution >= 0.6 is 0 Å². The molecule has 0 amide bonds. The van der Waals surface area contributed by atoms with E-state index in [2.05, 4.69) is 6.08 Å². The van der Waals surface area contributed by atoms with Crippen molar-refractivity contribution < 1.29 is 13.9 Å². The van der Waals surface area contributed by atoms with Crippen molar-refractivity contribution in [2.45, 2.75) is 76.2 Å². The van der Waals surface area contributed by atoms with E-state index in [9.17, 15) is 13.9 Å².